The Kier molecular flexibility index (Phi) is 3.41. The maximum absolute atomic E-state index is 11.1. The van der Waals surface area contributed by atoms with E-state index in [0.717, 1.165) is 15.0 Å². The molecule has 1 atom stereocenters. The molecule has 0 radical (unpaired) electrons. The fraction of sp³-hybridized carbons (Fsp3) is 0.0556. The molecule has 6 nitrogen and oxygen atoms in total. The second-order valence-corrected chi connectivity index (χ2v) is 6.65. The first kappa shape index (κ1) is 15.2. The predicted molar refractivity (Wildman–Crippen MR) is 94.2 cm³/mol. The van der Waals surface area contributed by atoms with Crippen LogP contribution in [-0.4, -0.2) is 4.92 Å². The van der Waals surface area contributed by atoms with Crippen molar-refractivity contribution >= 4 is 27.1 Å². The molecule has 2 heterocycles. The van der Waals surface area contributed by atoms with Gasteiger partial charge < -0.3 is 10.5 Å². The van der Waals surface area contributed by atoms with Gasteiger partial charge in [0, 0.05) is 22.2 Å². The number of non-ortho nitro benzene ring substituents is 1. The van der Waals surface area contributed by atoms with Crippen LogP contribution in [-0.2, 0) is 0 Å². The minimum absolute atomic E-state index is 0.0254. The number of allylic oxidation sites excluding steroid dienone is 1. The van der Waals surface area contributed by atoms with Crippen molar-refractivity contribution in [3.8, 4) is 11.8 Å². The molecule has 0 bridgehead atoms. The van der Waals surface area contributed by atoms with E-state index < -0.39 is 10.8 Å². The lowest BCUT2D eigenvalue weighted by Crippen LogP contribution is -2.19. The Morgan fingerprint density at radius 1 is 1.24 bits per heavy atom. The number of nitro benzene ring substituents is 1. The van der Waals surface area contributed by atoms with Crippen molar-refractivity contribution in [3.05, 3.63) is 80.5 Å². The Labute approximate surface area is 146 Å². The zero-order chi connectivity index (χ0) is 17.6. The first-order chi connectivity index (χ1) is 12.1. The molecule has 0 saturated heterocycles. The molecule has 0 saturated carbocycles. The molecule has 1 aliphatic rings. The zero-order valence-electron chi connectivity index (χ0n) is 12.8. The topological polar surface area (TPSA) is 102 Å². The van der Waals surface area contributed by atoms with Crippen molar-refractivity contribution in [2.24, 2.45) is 5.73 Å². The van der Waals surface area contributed by atoms with Crippen LogP contribution in [0.5, 0.6) is 5.75 Å². The number of nitrogens with two attached hydrogens (primary N) is 1. The van der Waals surface area contributed by atoms with Crippen LogP contribution in [0.15, 0.2) is 60.0 Å². The molecule has 2 aromatic carbocycles. The normalized spacial score (nSPS) is 16.2. The molecule has 4 rings (SSSR count). The molecule has 0 fully saturated rings. The molecule has 1 aliphatic heterocycles. The van der Waals surface area contributed by atoms with Crippen molar-refractivity contribution in [1.82, 2.24) is 0 Å². The van der Waals surface area contributed by atoms with E-state index in [1.165, 1.54) is 23.5 Å². The number of nitrogens with zero attached hydrogens (tertiary/aromatic N) is 2. The third-order valence-corrected chi connectivity index (χ3v) is 5.36. The van der Waals surface area contributed by atoms with E-state index in [1.807, 2.05) is 24.3 Å². The molecule has 25 heavy (non-hydrogen) atoms. The minimum atomic E-state index is -0.481. The van der Waals surface area contributed by atoms with E-state index >= 15 is 0 Å². The highest BCUT2D eigenvalue weighted by Gasteiger charge is 2.34. The molecule has 0 spiro atoms. The SMILES string of the molecule is N#CC1=C(N)Oc2c(sc3ccccc23)C1c1cccc([N+](=O)[O-])c1. The van der Waals surface area contributed by atoms with Crippen molar-refractivity contribution < 1.29 is 9.66 Å². The molecule has 2 N–H and O–H groups in total. The second-order valence-electron chi connectivity index (χ2n) is 5.57. The Morgan fingerprint density at radius 2 is 2.04 bits per heavy atom. The molecule has 1 aromatic heterocycles. The molecule has 1 unspecified atom stereocenters. The fourth-order valence-electron chi connectivity index (χ4n) is 3.03. The van der Waals surface area contributed by atoms with Gasteiger partial charge in [0.1, 0.15) is 11.6 Å². The predicted octanol–water partition coefficient (Wildman–Crippen LogP) is 4.03. The molecule has 0 aliphatic carbocycles. The molecule has 122 valence electrons. The smallest absolute Gasteiger partial charge is 0.269 e. The van der Waals surface area contributed by atoms with Gasteiger partial charge >= 0.3 is 0 Å². The number of hydrogen-bond donors (Lipinski definition) is 1. The summed E-state index contributed by atoms with van der Waals surface area (Å²) in [5.41, 5.74) is 6.87. The number of rotatable bonds is 2. The lowest BCUT2D eigenvalue weighted by molar-refractivity contribution is -0.384. The van der Waals surface area contributed by atoms with Crippen LogP contribution in [0.3, 0.4) is 0 Å². The van der Waals surface area contributed by atoms with Gasteiger partial charge in [-0.25, -0.2) is 0 Å². The van der Waals surface area contributed by atoms with E-state index in [2.05, 4.69) is 6.07 Å². The van der Waals surface area contributed by atoms with Crippen LogP contribution in [0.2, 0.25) is 0 Å². The number of benzene rings is 2. The Balaban J connectivity index is 1.99. The monoisotopic (exact) mass is 349 g/mol. The third-order valence-electron chi connectivity index (χ3n) is 4.14. The lowest BCUT2D eigenvalue weighted by atomic mass is 9.88. The maximum atomic E-state index is 11.1. The average molecular weight is 349 g/mol. The summed E-state index contributed by atoms with van der Waals surface area (Å²) in [5, 5.41) is 21.6. The van der Waals surface area contributed by atoms with Crippen LogP contribution in [0.1, 0.15) is 16.4 Å². The van der Waals surface area contributed by atoms with Gasteiger partial charge in [0.25, 0.3) is 5.69 Å². The Morgan fingerprint density at radius 3 is 2.80 bits per heavy atom. The highest BCUT2D eigenvalue weighted by atomic mass is 32.1. The summed E-state index contributed by atoms with van der Waals surface area (Å²) in [4.78, 5) is 11.5. The Bertz CT molecular complexity index is 1090. The van der Waals surface area contributed by atoms with Crippen molar-refractivity contribution in [2.45, 2.75) is 5.92 Å². The number of nitro groups is 1. The van der Waals surface area contributed by atoms with E-state index in [9.17, 15) is 15.4 Å². The third kappa shape index (κ3) is 2.31. The summed E-state index contributed by atoms with van der Waals surface area (Å²) in [5.74, 6) is 0.176. The first-order valence-electron chi connectivity index (χ1n) is 7.43. The largest absolute Gasteiger partial charge is 0.439 e. The highest BCUT2D eigenvalue weighted by Crippen LogP contribution is 2.50. The Hall–Kier alpha value is -3.37. The quantitative estimate of drug-likeness (QED) is 0.556. The highest BCUT2D eigenvalue weighted by molar-refractivity contribution is 7.19. The summed E-state index contributed by atoms with van der Waals surface area (Å²) in [6.07, 6.45) is 0. The first-order valence-corrected chi connectivity index (χ1v) is 8.25. The summed E-state index contributed by atoms with van der Waals surface area (Å²) < 4.78 is 6.74. The summed E-state index contributed by atoms with van der Waals surface area (Å²) in [6.45, 7) is 0. The van der Waals surface area contributed by atoms with E-state index in [0.29, 0.717) is 11.3 Å². The molecular weight excluding hydrogens is 338 g/mol. The van der Waals surface area contributed by atoms with Gasteiger partial charge in [-0.15, -0.1) is 11.3 Å². The van der Waals surface area contributed by atoms with Crippen molar-refractivity contribution in [1.29, 1.82) is 5.26 Å². The van der Waals surface area contributed by atoms with Gasteiger partial charge in [-0.2, -0.15) is 5.26 Å². The van der Waals surface area contributed by atoms with Gasteiger partial charge in [0.05, 0.1) is 15.7 Å². The van der Waals surface area contributed by atoms with E-state index in [1.54, 1.807) is 12.1 Å². The van der Waals surface area contributed by atoms with Gasteiger partial charge in [0.2, 0.25) is 5.88 Å². The minimum Gasteiger partial charge on any atom is -0.439 e. The zero-order valence-corrected chi connectivity index (χ0v) is 13.6. The molecule has 7 heteroatoms. The molecule has 3 aromatic rings. The average Bonchev–Trinajstić information content (AvgIpc) is 2.98. The van der Waals surface area contributed by atoms with Crippen LogP contribution in [0, 0.1) is 21.4 Å². The fourth-order valence-corrected chi connectivity index (χ4v) is 4.30. The van der Waals surface area contributed by atoms with Gasteiger partial charge in [-0.05, 0) is 17.7 Å². The number of nitriles is 1. The van der Waals surface area contributed by atoms with E-state index in [-0.39, 0.29) is 17.1 Å². The number of fused-ring (bicyclic) bond motifs is 3. The van der Waals surface area contributed by atoms with Crippen molar-refractivity contribution in [2.75, 3.05) is 0 Å². The van der Waals surface area contributed by atoms with E-state index in [4.69, 9.17) is 10.5 Å². The standard InChI is InChI=1S/C18H11N3O3S/c19-9-13-15(10-4-3-5-11(8-10)21(22)23)17-16(24-18(13)20)12-6-1-2-7-14(12)25-17/h1-8,15H,20H2. The van der Waals surface area contributed by atoms with Crippen LogP contribution >= 0.6 is 11.3 Å². The van der Waals surface area contributed by atoms with Gasteiger partial charge in [-0.1, -0.05) is 24.3 Å². The van der Waals surface area contributed by atoms with Crippen LogP contribution in [0.25, 0.3) is 10.1 Å². The molecular formula is C18H11N3O3S. The number of thiophene rings is 1. The van der Waals surface area contributed by atoms with Gasteiger partial charge in [-0.3, -0.25) is 10.1 Å². The lowest BCUT2D eigenvalue weighted by Gasteiger charge is -2.23. The van der Waals surface area contributed by atoms with Crippen LogP contribution in [0.4, 0.5) is 5.69 Å². The summed E-state index contributed by atoms with van der Waals surface area (Å²) >= 11 is 1.50. The molecule has 0 amide bonds. The second kappa shape index (κ2) is 5.61. The summed E-state index contributed by atoms with van der Waals surface area (Å²) in [7, 11) is 0. The van der Waals surface area contributed by atoms with Crippen molar-refractivity contribution in [3.63, 3.8) is 0 Å². The maximum Gasteiger partial charge on any atom is 0.269 e. The number of ether oxygens (including phenoxy) is 1. The van der Waals surface area contributed by atoms with Gasteiger partial charge in [0.15, 0.2) is 5.75 Å². The summed E-state index contributed by atoms with van der Waals surface area (Å²) in [6, 6.07) is 16.1. The number of hydrogen-bond acceptors (Lipinski definition) is 6. The van der Waals surface area contributed by atoms with Crippen LogP contribution < -0.4 is 10.5 Å².